The van der Waals surface area contributed by atoms with Crippen molar-refractivity contribution < 1.29 is 29.6 Å². The first-order chi connectivity index (χ1) is 11.0. The van der Waals surface area contributed by atoms with Crippen LogP contribution in [0.4, 0.5) is 0 Å². The number of aliphatic hydroxyl groups is 1. The first-order valence-electron chi connectivity index (χ1n) is 7.38. The summed E-state index contributed by atoms with van der Waals surface area (Å²) in [6.45, 7) is 1.11. The molecule has 4 N–H and O–H groups in total. The molecule has 1 aromatic rings. The van der Waals surface area contributed by atoms with Crippen LogP contribution < -0.4 is 10.1 Å². The number of nitrogens with zero attached hydrogens (tertiary/aromatic N) is 1. The van der Waals surface area contributed by atoms with Gasteiger partial charge in [0.1, 0.15) is 23.2 Å². The third-order valence-corrected chi connectivity index (χ3v) is 4.08. The van der Waals surface area contributed by atoms with Crippen molar-refractivity contribution in [2.45, 2.75) is 24.7 Å². The van der Waals surface area contributed by atoms with E-state index in [0.29, 0.717) is 26.1 Å². The normalized spacial score (nSPS) is 24.3. The van der Waals surface area contributed by atoms with Crippen LogP contribution in [0.3, 0.4) is 0 Å². The van der Waals surface area contributed by atoms with Crippen molar-refractivity contribution in [2.75, 3.05) is 19.6 Å². The number of amides is 1. The Hall–Kier alpha value is -2.32. The standard InChI is InChI=1S/C15H18N2O6/c18-8-4-10(16-5-8)14(20)17-6-9(7-17)23-12-3-1-2-11(19)13(12)15(21)22/h1-3,8-10,16,18-19H,4-7H2,(H,21,22)/t8-,10-/m1/s1. The first kappa shape index (κ1) is 15.6. The summed E-state index contributed by atoms with van der Waals surface area (Å²) in [5, 5.41) is 31.1. The van der Waals surface area contributed by atoms with Gasteiger partial charge in [-0.15, -0.1) is 0 Å². The molecular formula is C15H18N2O6. The number of phenols is 1. The van der Waals surface area contributed by atoms with Crippen LogP contribution in [0.2, 0.25) is 0 Å². The zero-order valence-corrected chi connectivity index (χ0v) is 12.3. The molecule has 8 heteroatoms. The smallest absolute Gasteiger partial charge is 0.343 e. The molecule has 0 unspecified atom stereocenters. The van der Waals surface area contributed by atoms with Crippen LogP contribution >= 0.6 is 0 Å². The van der Waals surface area contributed by atoms with Crippen LogP contribution in [0, 0.1) is 0 Å². The molecule has 124 valence electrons. The number of carbonyl (C=O) groups is 2. The van der Waals surface area contributed by atoms with Gasteiger partial charge in [-0.25, -0.2) is 4.79 Å². The van der Waals surface area contributed by atoms with Crippen LogP contribution in [-0.2, 0) is 4.79 Å². The molecule has 1 aromatic carbocycles. The fourth-order valence-electron chi connectivity index (χ4n) is 2.83. The number of nitrogens with one attached hydrogen (secondary N) is 1. The third kappa shape index (κ3) is 3.08. The lowest BCUT2D eigenvalue weighted by molar-refractivity contribution is -0.142. The molecule has 0 radical (unpaired) electrons. The number of aromatic hydroxyl groups is 1. The topological polar surface area (TPSA) is 119 Å². The number of aromatic carboxylic acids is 1. The summed E-state index contributed by atoms with van der Waals surface area (Å²) in [6.07, 6.45) is -0.413. The molecule has 0 saturated carbocycles. The number of benzene rings is 1. The van der Waals surface area contributed by atoms with E-state index in [4.69, 9.17) is 9.84 Å². The zero-order chi connectivity index (χ0) is 16.6. The van der Waals surface area contributed by atoms with Gasteiger partial charge in [-0.05, 0) is 18.6 Å². The predicted molar refractivity (Wildman–Crippen MR) is 78.5 cm³/mol. The number of aliphatic hydroxyl groups excluding tert-OH is 1. The molecule has 2 atom stereocenters. The molecule has 3 rings (SSSR count). The predicted octanol–water partition coefficient (Wildman–Crippen LogP) is -0.597. The van der Waals surface area contributed by atoms with E-state index < -0.39 is 12.1 Å². The molecule has 0 bridgehead atoms. The van der Waals surface area contributed by atoms with Gasteiger partial charge in [-0.2, -0.15) is 0 Å². The second-order valence-electron chi connectivity index (χ2n) is 5.79. The second-order valence-corrected chi connectivity index (χ2v) is 5.79. The minimum absolute atomic E-state index is 0.0870. The van der Waals surface area contributed by atoms with E-state index in [9.17, 15) is 19.8 Å². The van der Waals surface area contributed by atoms with Crippen molar-refractivity contribution in [3.63, 3.8) is 0 Å². The van der Waals surface area contributed by atoms with E-state index >= 15 is 0 Å². The monoisotopic (exact) mass is 322 g/mol. The van der Waals surface area contributed by atoms with E-state index in [1.54, 1.807) is 4.90 Å². The number of β-amino-alcohol motifs (C(OH)–C–C–N with tert-alkyl or cyclic N) is 1. The Morgan fingerprint density at radius 2 is 2.04 bits per heavy atom. The average molecular weight is 322 g/mol. The fourth-order valence-corrected chi connectivity index (χ4v) is 2.83. The van der Waals surface area contributed by atoms with Gasteiger partial charge in [-0.3, -0.25) is 4.79 Å². The van der Waals surface area contributed by atoms with Crippen molar-refractivity contribution in [3.8, 4) is 11.5 Å². The van der Waals surface area contributed by atoms with E-state index in [0.717, 1.165) is 0 Å². The van der Waals surface area contributed by atoms with E-state index in [1.165, 1.54) is 18.2 Å². The summed E-state index contributed by atoms with van der Waals surface area (Å²) < 4.78 is 5.58. The summed E-state index contributed by atoms with van der Waals surface area (Å²) in [5.74, 6) is -1.62. The molecule has 2 fully saturated rings. The van der Waals surface area contributed by atoms with Gasteiger partial charge in [0.05, 0.1) is 25.2 Å². The Balaban J connectivity index is 1.58. The van der Waals surface area contributed by atoms with Crippen LogP contribution in [0.25, 0.3) is 0 Å². The van der Waals surface area contributed by atoms with Crippen LogP contribution in [0.5, 0.6) is 11.5 Å². The zero-order valence-electron chi connectivity index (χ0n) is 12.3. The lowest BCUT2D eigenvalue weighted by atomic mass is 10.1. The van der Waals surface area contributed by atoms with Gasteiger partial charge in [0, 0.05) is 6.54 Å². The van der Waals surface area contributed by atoms with Crippen LogP contribution in [-0.4, -0.2) is 70.0 Å². The lowest BCUT2D eigenvalue weighted by Gasteiger charge is -2.40. The highest BCUT2D eigenvalue weighted by molar-refractivity contribution is 5.94. The third-order valence-electron chi connectivity index (χ3n) is 4.08. The van der Waals surface area contributed by atoms with Gasteiger partial charge < -0.3 is 30.3 Å². The van der Waals surface area contributed by atoms with Crippen molar-refractivity contribution in [3.05, 3.63) is 23.8 Å². The highest BCUT2D eigenvalue weighted by Gasteiger charge is 2.38. The van der Waals surface area contributed by atoms with E-state index in [2.05, 4.69) is 5.32 Å². The molecule has 2 heterocycles. The van der Waals surface area contributed by atoms with Gasteiger partial charge in [0.25, 0.3) is 0 Å². The molecule has 8 nitrogen and oxygen atoms in total. The van der Waals surface area contributed by atoms with Gasteiger partial charge in [0.15, 0.2) is 0 Å². The average Bonchev–Trinajstić information content (AvgIpc) is 2.88. The molecule has 2 saturated heterocycles. The number of carboxylic acid groups (broad SMARTS) is 1. The molecule has 1 amide bonds. The summed E-state index contributed by atoms with van der Waals surface area (Å²) in [7, 11) is 0. The minimum Gasteiger partial charge on any atom is -0.507 e. The lowest BCUT2D eigenvalue weighted by Crippen LogP contribution is -2.59. The number of rotatable bonds is 4. The Bertz CT molecular complexity index is 628. The largest absolute Gasteiger partial charge is 0.507 e. The number of carboxylic acids is 1. The number of hydrogen-bond acceptors (Lipinski definition) is 6. The summed E-state index contributed by atoms with van der Waals surface area (Å²) in [6, 6.07) is 3.89. The van der Waals surface area contributed by atoms with Gasteiger partial charge in [-0.1, -0.05) is 6.07 Å². The molecule has 0 spiro atoms. The van der Waals surface area contributed by atoms with Crippen LogP contribution in [0.1, 0.15) is 16.8 Å². The van der Waals surface area contributed by atoms with E-state index in [-0.39, 0.29) is 35.1 Å². The molecule has 2 aliphatic rings. The Morgan fingerprint density at radius 1 is 1.30 bits per heavy atom. The van der Waals surface area contributed by atoms with E-state index in [1.807, 2.05) is 0 Å². The fraction of sp³-hybridized carbons (Fsp3) is 0.467. The highest BCUT2D eigenvalue weighted by Crippen LogP contribution is 2.29. The number of ether oxygens (including phenoxy) is 1. The maximum absolute atomic E-state index is 12.2. The van der Waals surface area contributed by atoms with Gasteiger partial charge >= 0.3 is 5.97 Å². The van der Waals surface area contributed by atoms with Crippen molar-refractivity contribution in [1.82, 2.24) is 10.2 Å². The molecular weight excluding hydrogens is 304 g/mol. The maximum Gasteiger partial charge on any atom is 0.343 e. The number of carbonyl (C=O) groups excluding carboxylic acids is 1. The number of likely N-dealkylation sites (tertiary alicyclic amines) is 1. The number of hydrogen-bond donors (Lipinski definition) is 4. The van der Waals surface area contributed by atoms with Crippen molar-refractivity contribution in [2.24, 2.45) is 0 Å². The quantitative estimate of drug-likeness (QED) is 0.584. The van der Waals surface area contributed by atoms with Crippen molar-refractivity contribution >= 4 is 11.9 Å². The Kier molecular flexibility index (Phi) is 4.10. The highest BCUT2D eigenvalue weighted by atomic mass is 16.5. The first-order valence-corrected chi connectivity index (χ1v) is 7.38. The molecule has 0 aromatic heterocycles. The molecule has 2 aliphatic heterocycles. The van der Waals surface area contributed by atoms with Gasteiger partial charge in [0.2, 0.25) is 5.91 Å². The second kappa shape index (κ2) is 6.05. The maximum atomic E-state index is 12.2. The van der Waals surface area contributed by atoms with Crippen LogP contribution in [0.15, 0.2) is 18.2 Å². The Morgan fingerprint density at radius 3 is 2.65 bits per heavy atom. The summed E-state index contributed by atoms with van der Waals surface area (Å²) in [5.41, 5.74) is -0.280. The molecule has 23 heavy (non-hydrogen) atoms. The van der Waals surface area contributed by atoms with Crippen molar-refractivity contribution in [1.29, 1.82) is 0 Å². The Labute approximate surface area is 132 Å². The molecule has 0 aliphatic carbocycles. The summed E-state index contributed by atoms with van der Waals surface area (Å²) in [4.78, 5) is 24.9. The SMILES string of the molecule is O=C(O)c1c(O)cccc1OC1CN(C(=O)[C@H]2C[C@@H](O)CN2)C1. The summed E-state index contributed by atoms with van der Waals surface area (Å²) >= 11 is 0. The minimum atomic E-state index is -1.27.